The zero-order valence-corrected chi connectivity index (χ0v) is 11.4. The van der Waals surface area contributed by atoms with Gasteiger partial charge in [0, 0.05) is 11.5 Å². The Hall–Kier alpha value is -2.66. The van der Waals surface area contributed by atoms with Gasteiger partial charge >= 0.3 is 0 Å². The molecule has 6 heteroatoms. The van der Waals surface area contributed by atoms with Crippen LogP contribution in [0.15, 0.2) is 54.7 Å². The molecule has 0 saturated carbocycles. The summed E-state index contributed by atoms with van der Waals surface area (Å²) in [5.74, 6) is 0.731. The average Bonchev–Trinajstić information content (AvgIpc) is 2.49. The third-order valence-corrected chi connectivity index (χ3v) is 3.23. The van der Waals surface area contributed by atoms with Gasteiger partial charge in [0.1, 0.15) is 17.0 Å². The van der Waals surface area contributed by atoms with Gasteiger partial charge in [-0.25, -0.2) is 4.98 Å². The lowest BCUT2D eigenvalue weighted by molar-refractivity contribution is -0.385. The van der Waals surface area contributed by atoms with Crippen molar-refractivity contribution in [2.45, 2.75) is 0 Å². The van der Waals surface area contributed by atoms with Gasteiger partial charge in [0.25, 0.3) is 5.69 Å². The van der Waals surface area contributed by atoms with Gasteiger partial charge < -0.3 is 4.74 Å². The van der Waals surface area contributed by atoms with Crippen LogP contribution >= 0.6 is 11.6 Å². The number of rotatable bonds is 3. The minimum absolute atomic E-state index is 0.0946. The van der Waals surface area contributed by atoms with Gasteiger partial charge in [-0.2, -0.15) is 0 Å². The standard InChI is InChI=1S/C15H9ClN2O3/c16-13-8-11(18(19)20)9-17-15(13)21-14-7-3-5-10-4-1-2-6-12(10)14/h1-9H. The molecule has 0 fully saturated rings. The second-order valence-electron chi connectivity index (χ2n) is 4.32. The summed E-state index contributed by atoms with van der Waals surface area (Å²) in [6.07, 6.45) is 1.12. The highest BCUT2D eigenvalue weighted by molar-refractivity contribution is 6.32. The van der Waals surface area contributed by atoms with E-state index in [2.05, 4.69) is 4.98 Å². The van der Waals surface area contributed by atoms with Crippen LogP contribution in [0.5, 0.6) is 11.6 Å². The van der Waals surface area contributed by atoms with Crippen molar-refractivity contribution in [2.75, 3.05) is 0 Å². The molecule has 5 nitrogen and oxygen atoms in total. The summed E-state index contributed by atoms with van der Waals surface area (Å²) in [5.41, 5.74) is -0.176. The van der Waals surface area contributed by atoms with Crippen LogP contribution in [0.25, 0.3) is 10.8 Å². The fraction of sp³-hybridized carbons (Fsp3) is 0. The molecule has 21 heavy (non-hydrogen) atoms. The van der Waals surface area contributed by atoms with E-state index in [1.54, 1.807) is 6.07 Å². The van der Waals surface area contributed by atoms with E-state index < -0.39 is 4.92 Å². The summed E-state index contributed by atoms with van der Waals surface area (Å²) in [6, 6.07) is 14.6. The summed E-state index contributed by atoms with van der Waals surface area (Å²) in [4.78, 5) is 14.0. The number of ether oxygens (including phenoxy) is 1. The fourth-order valence-electron chi connectivity index (χ4n) is 1.98. The van der Waals surface area contributed by atoms with Crippen LogP contribution in [0.2, 0.25) is 5.02 Å². The molecule has 1 aromatic heterocycles. The quantitative estimate of drug-likeness (QED) is 0.524. The first kappa shape index (κ1) is 13.3. The number of fused-ring (bicyclic) bond motifs is 1. The van der Waals surface area contributed by atoms with Crippen LogP contribution < -0.4 is 4.74 Å². The van der Waals surface area contributed by atoms with Gasteiger partial charge in [-0.1, -0.05) is 48.0 Å². The maximum absolute atomic E-state index is 10.7. The Bertz CT molecular complexity index is 831. The number of nitro groups is 1. The molecule has 104 valence electrons. The average molecular weight is 301 g/mol. The highest BCUT2D eigenvalue weighted by atomic mass is 35.5. The predicted molar refractivity (Wildman–Crippen MR) is 79.9 cm³/mol. The Morgan fingerprint density at radius 2 is 1.90 bits per heavy atom. The van der Waals surface area contributed by atoms with Gasteiger partial charge in [0.15, 0.2) is 0 Å². The van der Waals surface area contributed by atoms with Crippen LogP contribution in [-0.4, -0.2) is 9.91 Å². The molecule has 0 atom stereocenters. The maximum atomic E-state index is 10.7. The molecule has 0 N–H and O–H groups in total. The van der Waals surface area contributed by atoms with Crippen LogP contribution in [0.1, 0.15) is 0 Å². The molecule has 0 bridgehead atoms. The van der Waals surface area contributed by atoms with E-state index in [1.807, 2.05) is 36.4 Å². The van der Waals surface area contributed by atoms with Gasteiger partial charge in [-0.05, 0) is 11.5 Å². The van der Waals surface area contributed by atoms with E-state index in [4.69, 9.17) is 16.3 Å². The molecule has 0 radical (unpaired) electrons. The van der Waals surface area contributed by atoms with E-state index in [-0.39, 0.29) is 16.6 Å². The highest BCUT2D eigenvalue weighted by Gasteiger charge is 2.13. The number of pyridine rings is 1. The van der Waals surface area contributed by atoms with Gasteiger partial charge in [-0.3, -0.25) is 10.1 Å². The predicted octanol–water partition coefficient (Wildman–Crippen LogP) is 4.59. The summed E-state index contributed by atoms with van der Waals surface area (Å²) < 4.78 is 5.69. The van der Waals surface area contributed by atoms with Crippen molar-refractivity contribution in [3.05, 3.63) is 69.9 Å². The van der Waals surface area contributed by atoms with E-state index in [1.165, 1.54) is 6.07 Å². The summed E-state index contributed by atoms with van der Waals surface area (Å²) in [7, 11) is 0. The van der Waals surface area contributed by atoms with Crippen molar-refractivity contribution in [3.8, 4) is 11.6 Å². The number of benzene rings is 2. The first-order chi connectivity index (χ1) is 10.1. The van der Waals surface area contributed by atoms with Crippen LogP contribution in [0.3, 0.4) is 0 Å². The molecule has 0 amide bonds. The molecule has 0 aliphatic rings. The fourth-order valence-corrected chi connectivity index (χ4v) is 2.18. The number of nitrogens with zero attached hydrogens (tertiary/aromatic N) is 2. The van der Waals surface area contributed by atoms with Crippen molar-refractivity contribution in [3.63, 3.8) is 0 Å². The molecular weight excluding hydrogens is 292 g/mol. The van der Waals surface area contributed by atoms with Crippen LogP contribution in [0, 0.1) is 10.1 Å². The number of aromatic nitrogens is 1. The van der Waals surface area contributed by atoms with E-state index >= 15 is 0 Å². The molecule has 2 aromatic carbocycles. The topological polar surface area (TPSA) is 65.3 Å². The Kier molecular flexibility index (Phi) is 3.41. The van der Waals surface area contributed by atoms with E-state index in [0.717, 1.165) is 17.0 Å². The maximum Gasteiger partial charge on any atom is 0.289 e. The lowest BCUT2D eigenvalue weighted by Gasteiger charge is -2.09. The zero-order valence-electron chi connectivity index (χ0n) is 10.7. The third-order valence-electron chi connectivity index (χ3n) is 2.96. The molecule has 0 aliphatic heterocycles. The van der Waals surface area contributed by atoms with Gasteiger partial charge in [0.05, 0.1) is 4.92 Å². The van der Waals surface area contributed by atoms with Crippen molar-refractivity contribution in [2.24, 2.45) is 0 Å². The Labute approximate surface area is 124 Å². The van der Waals surface area contributed by atoms with Crippen LogP contribution in [0.4, 0.5) is 5.69 Å². The molecule has 0 spiro atoms. The minimum atomic E-state index is -0.555. The lowest BCUT2D eigenvalue weighted by atomic mass is 10.1. The Morgan fingerprint density at radius 1 is 1.14 bits per heavy atom. The molecule has 3 rings (SSSR count). The molecule has 3 aromatic rings. The molecule has 0 saturated heterocycles. The summed E-state index contributed by atoms with van der Waals surface area (Å²) in [5, 5.41) is 12.7. The summed E-state index contributed by atoms with van der Waals surface area (Å²) >= 11 is 5.98. The van der Waals surface area contributed by atoms with Crippen LogP contribution in [-0.2, 0) is 0 Å². The van der Waals surface area contributed by atoms with Crippen molar-refractivity contribution in [1.29, 1.82) is 0 Å². The Balaban J connectivity index is 2.01. The minimum Gasteiger partial charge on any atom is -0.437 e. The largest absolute Gasteiger partial charge is 0.437 e. The van der Waals surface area contributed by atoms with Crippen molar-refractivity contribution < 1.29 is 9.66 Å². The highest BCUT2D eigenvalue weighted by Crippen LogP contribution is 2.33. The Morgan fingerprint density at radius 3 is 2.67 bits per heavy atom. The monoisotopic (exact) mass is 300 g/mol. The lowest BCUT2D eigenvalue weighted by Crippen LogP contribution is -1.93. The van der Waals surface area contributed by atoms with E-state index in [0.29, 0.717) is 5.75 Å². The summed E-state index contributed by atoms with van der Waals surface area (Å²) in [6.45, 7) is 0. The number of halogens is 1. The molecular formula is C15H9ClN2O3. The molecule has 0 aliphatic carbocycles. The number of hydrogen-bond acceptors (Lipinski definition) is 4. The smallest absolute Gasteiger partial charge is 0.289 e. The molecule has 1 heterocycles. The zero-order chi connectivity index (χ0) is 14.8. The second-order valence-corrected chi connectivity index (χ2v) is 4.72. The third kappa shape index (κ3) is 2.64. The normalized spacial score (nSPS) is 10.5. The second kappa shape index (κ2) is 5.38. The number of hydrogen-bond donors (Lipinski definition) is 0. The molecule has 0 unspecified atom stereocenters. The first-order valence-electron chi connectivity index (χ1n) is 6.11. The van der Waals surface area contributed by atoms with Crippen molar-refractivity contribution in [1.82, 2.24) is 4.98 Å². The van der Waals surface area contributed by atoms with E-state index in [9.17, 15) is 10.1 Å². The first-order valence-corrected chi connectivity index (χ1v) is 6.48. The SMILES string of the molecule is O=[N+]([O-])c1cnc(Oc2cccc3ccccc23)c(Cl)c1. The van der Waals surface area contributed by atoms with Gasteiger partial charge in [0.2, 0.25) is 5.88 Å². The van der Waals surface area contributed by atoms with Gasteiger partial charge in [-0.15, -0.1) is 0 Å². The van der Waals surface area contributed by atoms with Crippen molar-refractivity contribution >= 4 is 28.1 Å².